The zero-order valence-electron chi connectivity index (χ0n) is 10.6. The molecule has 0 aliphatic heterocycles. The molecule has 2 heteroatoms. The minimum absolute atomic E-state index is 0.0763. The monoisotopic (exact) mass is 221 g/mol. The molecule has 2 unspecified atom stereocenters. The summed E-state index contributed by atoms with van der Waals surface area (Å²) in [5.74, 6) is 0. The van der Waals surface area contributed by atoms with Crippen molar-refractivity contribution < 1.29 is 4.74 Å². The molecule has 0 amide bonds. The highest BCUT2D eigenvalue weighted by atomic mass is 16.5. The quantitative estimate of drug-likeness (QED) is 0.801. The molecule has 1 rings (SSSR count). The first-order valence-electron chi connectivity index (χ1n) is 6.12. The highest BCUT2D eigenvalue weighted by Gasteiger charge is 2.12. The summed E-state index contributed by atoms with van der Waals surface area (Å²) in [5, 5.41) is 0. The number of nitrogens with two attached hydrogens (primary N) is 1. The largest absolute Gasteiger partial charge is 0.377 e. The molecule has 90 valence electrons. The number of rotatable bonds is 6. The van der Waals surface area contributed by atoms with E-state index < -0.39 is 0 Å². The lowest BCUT2D eigenvalue weighted by molar-refractivity contribution is 0.0577. The van der Waals surface area contributed by atoms with E-state index in [0.29, 0.717) is 0 Å². The lowest BCUT2D eigenvalue weighted by Crippen LogP contribution is -2.36. The second-order valence-electron chi connectivity index (χ2n) is 4.20. The maximum atomic E-state index is 6.08. The highest BCUT2D eigenvalue weighted by molar-refractivity contribution is 5.23. The average molecular weight is 221 g/mol. The van der Waals surface area contributed by atoms with Gasteiger partial charge in [-0.25, -0.2) is 0 Å². The molecule has 0 saturated heterocycles. The van der Waals surface area contributed by atoms with E-state index in [2.05, 4.69) is 31.2 Å². The van der Waals surface area contributed by atoms with Crippen LogP contribution in [0.5, 0.6) is 0 Å². The van der Waals surface area contributed by atoms with E-state index in [0.717, 1.165) is 19.4 Å². The van der Waals surface area contributed by atoms with Crippen LogP contribution in [0.3, 0.4) is 0 Å². The molecular formula is C14H23NO. The number of aryl methyl sites for hydroxylation is 1. The predicted octanol–water partition coefficient (Wildman–Crippen LogP) is 2.54. The predicted molar refractivity (Wildman–Crippen MR) is 68.6 cm³/mol. The van der Waals surface area contributed by atoms with E-state index in [1.165, 1.54) is 11.1 Å². The lowest BCUT2D eigenvalue weighted by atomic mass is 10.0. The highest BCUT2D eigenvalue weighted by Crippen LogP contribution is 2.09. The third kappa shape index (κ3) is 3.95. The van der Waals surface area contributed by atoms with Gasteiger partial charge in [-0.15, -0.1) is 0 Å². The summed E-state index contributed by atoms with van der Waals surface area (Å²) in [5.41, 5.74) is 8.74. The van der Waals surface area contributed by atoms with Crippen LogP contribution < -0.4 is 5.73 Å². The van der Waals surface area contributed by atoms with Crippen molar-refractivity contribution in [3.63, 3.8) is 0 Å². The summed E-state index contributed by atoms with van der Waals surface area (Å²) in [4.78, 5) is 0. The van der Waals surface area contributed by atoms with Gasteiger partial charge in [0.15, 0.2) is 0 Å². The van der Waals surface area contributed by atoms with E-state index in [-0.39, 0.29) is 12.1 Å². The molecule has 0 spiro atoms. The summed E-state index contributed by atoms with van der Waals surface area (Å²) < 4.78 is 5.50. The van der Waals surface area contributed by atoms with E-state index in [4.69, 9.17) is 10.5 Å². The molecule has 0 aliphatic carbocycles. The smallest absolute Gasteiger partial charge is 0.0700 e. The summed E-state index contributed by atoms with van der Waals surface area (Å²) in [6.07, 6.45) is 2.09. The first-order valence-corrected chi connectivity index (χ1v) is 6.12. The number of hydrogen-bond donors (Lipinski definition) is 1. The fourth-order valence-corrected chi connectivity index (χ4v) is 1.74. The van der Waals surface area contributed by atoms with Gasteiger partial charge in [-0.3, -0.25) is 0 Å². The van der Waals surface area contributed by atoms with Gasteiger partial charge in [-0.2, -0.15) is 0 Å². The van der Waals surface area contributed by atoms with Gasteiger partial charge in [0.25, 0.3) is 0 Å². The van der Waals surface area contributed by atoms with E-state index in [9.17, 15) is 0 Å². The van der Waals surface area contributed by atoms with Crippen molar-refractivity contribution in [2.24, 2.45) is 5.73 Å². The van der Waals surface area contributed by atoms with Crippen LogP contribution in [0.2, 0.25) is 0 Å². The van der Waals surface area contributed by atoms with Crippen LogP contribution in [0.4, 0.5) is 0 Å². The summed E-state index contributed by atoms with van der Waals surface area (Å²) in [6.45, 7) is 6.93. The molecule has 0 aliphatic rings. The Kier molecular flexibility index (Phi) is 5.50. The van der Waals surface area contributed by atoms with Crippen molar-refractivity contribution in [3.05, 3.63) is 35.4 Å². The fraction of sp³-hybridized carbons (Fsp3) is 0.571. The van der Waals surface area contributed by atoms with Crippen LogP contribution in [0.25, 0.3) is 0 Å². The van der Waals surface area contributed by atoms with Gasteiger partial charge in [-0.1, -0.05) is 31.2 Å². The number of ether oxygens (including phenoxy) is 1. The van der Waals surface area contributed by atoms with E-state index >= 15 is 0 Å². The van der Waals surface area contributed by atoms with Crippen molar-refractivity contribution in [1.29, 1.82) is 0 Å². The molecule has 0 bridgehead atoms. The average Bonchev–Trinajstić information content (AvgIpc) is 2.30. The zero-order chi connectivity index (χ0) is 12.0. The minimum atomic E-state index is 0.0763. The van der Waals surface area contributed by atoms with Crippen LogP contribution in [-0.4, -0.2) is 18.8 Å². The molecule has 0 aromatic heterocycles. The molecular weight excluding hydrogens is 198 g/mol. The Hall–Kier alpha value is -0.860. The SMILES string of the molecule is CCOC(C)C(N)Cc1ccc(CC)cc1. The van der Waals surface area contributed by atoms with Crippen molar-refractivity contribution in [2.75, 3.05) is 6.61 Å². The molecule has 2 nitrogen and oxygen atoms in total. The molecule has 0 radical (unpaired) electrons. The number of benzene rings is 1. The van der Waals surface area contributed by atoms with Gasteiger partial charge in [0, 0.05) is 12.6 Å². The van der Waals surface area contributed by atoms with Crippen LogP contribution in [0.1, 0.15) is 31.9 Å². The van der Waals surface area contributed by atoms with Gasteiger partial charge in [-0.05, 0) is 37.8 Å². The standard InChI is InChI=1S/C14H23NO/c1-4-12-6-8-13(9-7-12)10-14(15)11(3)16-5-2/h6-9,11,14H,4-5,10,15H2,1-3H3. The Labute approximate surface area is 98.8 Å². The van der Waals surface area contributed by atoms with Gasteiger partial charge < -0.3 is 10.5 Å². The molecule has 0 fully saturated rings. The zero-order valence-corrected chi connectivity index (χ0v) is 10.6. The molecule has 0 saturated carbocycles. The van der Waals surface area contributed by atoms with Crippen LogP contribution >= 0.6 is 0 Å². The Morgan fingerprint density at radius 3 is 2.19 bits per heavy atom. The van der Waals surface area contributed by atoms with Gasteiger partial charge >= 0.3 is 0 Å². The Balaban J connectivity index is 2.52. The molecule has 1 aromatic rings. The Morgan fingerprint density at radius 2 is 1.69 bits per heavy atom. The minimum Gasteiger partial charge on any atom is -0.377 e. The van der Waals surface area contributed by atoms with Gasteiger partial charge in [0.1, 0.15) is 0 Å². The topological polar surface area (TPSA) is 35.2 Å². The summed E-state index contributed by atoms with van der Waals surface area (Å²) >= 11 is 0. The Bertz CT molecular complexity index is 294. The molecule has 16 heavy (non-hydrogen) atoms. The first-order chi connectivity index (χ1) is 7.67. The first kappa shape index (κ1) is 13.2. The molecule has 0 heterocycles. The molecule has 2 N–H and O–H groups in total. The Morgan fingerprint density at radius 1 is 1.12 bits per heavy atom. The van der Waals surface area contributed by atoms with Gasteiger partial charge in [0.05, 0.1) is 6.10 Å². The summed E-state index contributed by atoms with van der Waals surface area (Å²) in [6, 6.07) is 8.75. The third-order valence-electron chi connectivity index (χ3n) is 2.94. The lowest BCUT2D eigenvalue weighted by Gasteiger charge is -2.19. The molecule has 1 aromatic carbocycles. The van der Waals surface area contributed by atoms with Crippen molar-refractivity contribution in [3.8, 4) is 0 Å². The van der Waals surface area contributed by atoms with Crippen molar-refractivity contribution >= 4 is 0 Å². The second kappa shape index (κ2) is 6.66. The third-order valence-corrected chi connectivity index (χ3v) is 2.94. The van der Waals surface area contributed by atoms with E-state index in [1.54, 1.807) is 0 Å². The van der Waals surface area contributed by atoms with Crippen LogP contribution in [0.15, 0.2) is 24.3 Å². The van der Waals surface area contributed by atoms with Crippen LogP contribution in [-0.2, 0) is 17.6 Å². The second-order valence-corrected chi connectivity index (χ2v) is 4.20. The van der Waals surface area contributed by atoms with Crippen molar-refractivity contribution in [2.45, 2.75) is 45.8 Å². The van der Waals surface area contributed by atoms with Crippen molar-refractivity contribution in [1.82, 2.24) is 0 Å². The maximum absolute atomic E-state index is 6.08. The fourth-order valence-electron chi connectivity index (χ4n) is 1.74. The number of hydrogen-bond acceptors (Lipinski definition) is 2. The normalized spacial score (nSPS) is 14.8. The molecule has 2 atom stereocenters. The van der Waals surface area contributed by atoms with Gasteiger partial charge in [0.2, 0.25) is 0 Å². The maximum Gasteiger partial charge on any atom is 0.0700 e. The summed E-state index contributed by atoms with van der Waals surface area (Å²) in [7, 11) is 0. The van der Waals surface area contributed by atoms with E-state index in [1.807, 2.05) is 13.8 Å². The van der Waals surface area contributed by atoms with Crippen LogP contribution in [0, 0.1) is 0 Å².